The van der Waals surface area contributed by atoms with E-state index in [9.17, 15) is 0 Å². The third-order valence-electron chi connectivity index (χ3n) is 11.1. The van der Waals surface area contributed by atoms with Crippen LogP contribution in [0.25, 0.3) is 117 Å². The Morgan fingerprint density at radius 2 is 0.930 bits per heavy atom. The summed E-state index contributed by atoms with van der Waals surface area (Å²) < 4.78 is 15.0. The minimum Gasteiger partial charge on any atom is -0.456 e. The van der Waals surface area contributed by atoms with E-state index in [4.69, 9.17) is 23.8 Å². The van der Waals surface area contributed by atoms with Crippen LogP contribution in [0.3, 0.4) is 0 Å². The van der Waals surface area contributed by atoms with E-state index >= 15 is 0 Å². The van der Waals surface area contributed by atoms with Crippen LogP contribution in [0, 0.1) is 0 Å². The molecule has 0 aliphatic heterocycles. The maximum atomic E-state index is 6.31. The summed E-state index contributed by atoms with van der Waals surface area (Å²) >= 11 is 0. The van der Waals surface area contributed by atoms with Crippen molar-refractivity contribution in [2.75, 3.05) is 0 Å². The molecule has 0 saturated heterocycles. The largest absolute Gasteiger partial charge is 0.456 e. The SMILES string of the molecule is c1ccc(-c2cccc(-n3c4ccccc4c4cc(-c5nc(-c6ccc7c(c6)oc6ccccc67)nc(-c6cccc7oc8ccccc8c67)n5)ccc43)c2)cc1. The quantitative estimate of drug-likeness (QED) is 0.176. The van der Waals surface area contributed by atoms with Crippen LogP contribution in [0.1, 0.15) is 0 Å². The van der Waals surface area contributed by atoms with E-state index in [0.717, 1.165) is 88.1 Å². The third kappa shape index (κ3) is 5.01. The zero-order valence-corrected chi connectivity index (χ0v) is 30.4. The van der Waals surface area contributed by atoms with E-state index in [2.05, 4.69) is 132 Å². The summed E-state index contributed by atoms with van der Waals surface area (Å²) in [4.78, 5) is 15.6. The number of hydrogen-bond acceptors (Lipinski definition) is 5. The van der Waals surface area contributed by atoms with E-state index in [-0.39, 0.29) is 0 Å². The van der Waals surface area contributed by atoms with E-state index in [1.54, 1.807) is 0 Å². The van der Waals surface area contributed by atoms with Crippen molar-refractivity contribution in [1.29, 1.82) is 0 Å². The predicted octanol–water partition coefficient (Wildman–Crippen LogP) is 13.4. The van der Waals surface area contributed by atoms with Gasteiger partial charge < -0.3 is 13.4 Å². The van der Waals surface area contributed by atoms with Gasteiger partial charge in [0.25, 0.3) is 0 Å². The van der Waals surface area contributed by atoms with Crippen molar-refractivity contribution in [3.63, 3.8) is 0 Å². The lowest BCUT2D eigenvalue weighted by Crippen LogP contribution is -2.00. The summed E-state index contributed by atoms with van der Waals surface area (Å²) in [6.07, 6.45) is 0. The van der Waals surface area contributed by atoms with Crippen LogP contribution in [0.4, 0.5) is 0 Å². The normalized spacial score (nSPS) is 11.9. The molecular weight excluding hydrogens is 701 g/mol. The number of aromatic nitrogens is 4. The molecule has 57 heavy (non-hydrogen) atoms. The Balaban J connectivity index is 1.07. The number of benzene rings is 8. The topological polar surface area (TPSA) is 69.9 Å². The van der Waals surface area contributed by atoms with Crippen LogP contribution in [-0.4, -0.2) is 19.5 Å². The van der Waals surface area contributed by atoms with Crippen LogP contribution in [0.15, 0.2) is 191 Å². The van der Waals surface area contributed by atoms with Crippen molar-refractivity contribution >= 4 is 65.7 Å². The monoisotopic (exact) mass is 730 g/mol. The lowest BCUT2D eigenvalue weighted by Gasteiger charge is -2.11. The molecular formula is C51H30N4O2. The summed E-state index contributed by atoms with van der Waals surface area (Å²) in [5.41, 5.74) is 11.5. The van der Waals surface area contributed by atoms with Gasteiger partial charge in [-0.05, 0) is 77.9 Å². The van der Waals surface area contributed by atoms with Crippen LogP contribution in [0.2, 0.25) is 0 Å². The fourth-order valence-corrected chi connectivity index (χ4v) is 8.43. The lowest BCUT2D eigenvalue weighted by molar-refractivity contribution is 0.668. The van der Waals surface area contributed by atoms with Crippen molar-refractivity contribution in [1.82, 2.24) is 19.5 Å². The fraction of sp³-hybridized carbons (Fsp3) is 0. The first-order valence-corrected chi connectivity index (χ1v) is 19.0. The molecule has 12 rings (SSSR count). The van der Waals surface area contributed by atoms with Gasteiger partial charge in [-0.1, -0.05) is 115 Å². The average molecular weight is 731 g/mol. The van der Waals surface area contributed by atoms with Crippen molar-refractivity contribution in [2.24, 2.45) is 0 Å². The van der Waals surface area contributed by atoms with E-state index < -0.39 is 0 Å². The Hall–Kier alpha value is -7.83. The van der Waals surface area contributed by atoms with Crippen molar-refractivity contribution < 1.29 is 8.83 Å². The third-order valence-corrected chi connectivity index (χ3v) is 11.1. The zero-order valence-electron chi connectivity index (χ0n) is 30.4. The molecule has 0 N–H and O–H groups in total. The van der Waals surface area contributed by atoms with Gasteiger partial charge in [-0.25, -0.2) is 15.0 Å². The van der Waals surface area contributed by atoms with Crippen LogP contribution < -0.4 is 0 Å². The summed E-state index contributed by atoms with van der Waals surface area (Å²) in [5.74, 6) is 1.70. The molecule has 6 nitrogen and oxygen atoms in total. The first-order valence-electron chi connectivity index (χ1n) is 19.0. The molecule has 0 radical (unpaired) electrons. The predicted molar refractivity (Wildman–Crippen MR) is 230 cm³/mol. The van der Waals surface area contributed by atoms with Gasteiger partial charge in [0.15, 0.2) is 17.5 Å². The van der Waals surface area contributed by atoms with Crippen molar-refractivity contribution in [3.8, 4) is 51.0 Å². The molecule has 4 heterocycles. The minimum atomic E-state index is 0.558. The van der Waals surface area contributed by atoms with Crippen LogP contribution >= 0.6 is 0 Å². The van der Waals surface area contributed by atoms with Gasteiger partial charge in [-0.15, -0.1) is 0 Å². The smallest absolute Gasteiger partial charge is 0.164 e. The van der Waals surface area contributed by atoms with Gasteiger partial charge in [0.2, 0.25) is 0 Å². The highest BCUT2D eigenvalue weighted by molar-refractivity contribution is 6.13. The van der Waals surface area contributed by atoms with E-state index in [1.165, 1.54) is 11.1 Å². The molecule has 6 heteroatoms. The molecule has 0 spiro atoms. The Morgan fingerprint density at radius 3 is 1.79 bits per heavy atom. The lowest BCUT2D eigenvalue weighted by atomic mass is 10.0. The number of para-hydroxylation sites is 3. The van der Waals surface area contributed by atoms with Gasteiger partial charge in [0, 0.05) is 54.7 Å². The second-order valence-corrected chi connectivity index (χ2v) is 14.4. The number of fused-ring (bicyclic) bond motifs is 9. The summed E-state index contributed by atoms with van der Waals surface area (Å²) in [5, 5.41) is 6.38. The average Bonchev–Trinajstić information content (AvgIpc) is 3.95. The first kappa shape index (κ1) is 31.5. The second kappa shape index (κ2) is 12.3. The van der Waals surface area contributed by atoms with Gasteiger partial charge in [-0.3, -0.25) is 0 Å². The van der Waals surface area contributed by atoms with Gasteiger partial charge in [0.1, 0.15) is 22.3 Å². The summed E-state index contributed by atoms with van der Waals surface area (Å²) in [6, 6.07) is 62.8. The Bertz CT molecular complexity index is 3540. The molecule has 4 aromatic heterocycles. The molecule has 0 aliphatic carbocycles. The highest BCUT2D eigenvalue weighted by Gasteiger charge is 2.20. The number of rotatable bonds is 5. The Labute approximate surface area is 325 Å². The van der Waals surface area contributed by atoms with Crippen LogP contribution in [0.5, 0.6) is 0 Å². The van der Waals surface area contributed by atoms with Gasteiger partial charge in [-0.2, -0.15) is 0 Å². The second-order valence-electron chi connectivity index (χ2n) is 14.4. The highest BCUT2D eigenvalue weighted by Crippen LogP contribution is 2.39. The Morgan fingerprint density at radius 1 is 0.333 bits per heavy atom. The standard InChI is InChI=1S/C51H30N4O2/c1-2-12-31(13-3-1)32-14-10-15-35(28-32)55-42-20-7-4-16-36(42)41-29-33(25-27-43(41)55)49-52-50(34-24-26-38-37-17-5-8-21-44(37)57-47(38)30-34)54-51(53-49)40-19-11-23-46-48(40)39-18-6-9-22-45(39)56-46/h1-30H. The Kier molecular flexibility index (Phi) is 6.83. The van der Waals surface area contributed by atoms with Crippen molar-refractivity contribution in [3.05, 3.63) is 182 Å². The summed E-state index contributed by atoms with van der Waals surface area (Å²) in [6.45, 7) is 0. The molecule has 0 unspecified atom stereocenters. The van der Waals surface area contributed by atoms with E-state index in [0.29, 0.717) is 17.5 Å². The van der Waals surface area contributed by atoms with Gasteiger partial charge >= 0.3 is 0 Å². The molecule has 0 bridgehead atoms. The summed E-state index contributed by atoms with van der Waals surface area (Å²) in [7, 11) is 0. The zero-order chi connectivity index (χ0) is 37.5. The number of hydrogen-bond donors (Lipinski definition) is 0. The number of furan rings is 2. The highest BCUT2D eigenvalue weighted by atomic mass is 16.3. The molecule has 0 amide bonds. The molecule has 8 aromatic carbocycles. The molecule has 0 atom stereocenters. The molecule has 266 valence electrons. The molecule has 0 aliphatic rings. The van der Waals surface area contributed by atoms with E-state index in [1.807, 2.05) is 54.6 Å². The van der Waals surface area contributed by atoms with Gasteiger partial charge in [0.05, 0.1) is 11.0 Å². The fourth-order valence-electron chi connectivity index (χ4n) is 8.43. The molecule has 0 saturated carbocycles. The molecule has 0 fully saturated rings. The number of nitrogens with zero attached hydrogens (tertiary/aromatic N) is 4. The van der Waals surface area contributed by atoms with Crippen molar-refractivity contribution in [2.45, 2.75) is 0 Å². The maximum absolute atomic E-state index is 6.31. The van der Waals surface area contributed by atoms with Crippen LogP contribution in [-0.2, 0) is 0 Å². The minimum absolute atomic E-state index is 0.558. The molecule has 12 aromatic rings. The first-order chi connectivity index (χ1) is 28.2. The maximum Gasteiger partial charge on any atom is 0.164 e.